The van der Waals surface area contributed by atoms with Crippen LogP contribution in [0.4, 0.5) is 29.5 Å². The van der Waals surface area contributed by atoms with Crippen molar-refractivity contribution in [2.75, 3.05) is 36.0 Å². The highest BCUT2D eigenvalue weighted by Crippen LogP contribution is 2.30. The Bertz CT molecular complexity index is 3060. The van der Waals surface area contributed by atoms with Crippen LogP contribution in [0.2, 0.25) is 10.0 Å². The lowest BCUT2D eigenvalue weighted by Crippen LogP contribution is -2.26. The van der Waals surface area contributed by atoms with Gasteiger partial charge in [-0.25, -0.2) is 22.6 Å². The number of alkyl halides is 3. The zero-order valence-corrected chi connectivity index (χ0v) is 35.6. The van der Waals surface area contributed by atoms with Crippen molar-refractivity contribution >= 4 is 68.5 Å². The molecule has 8 aromatic rings. The maximum atomic E-state index is 13.3. The summed E-state index contributed by atoms with van der Waals surface area (Å²) in [5.74, 6) is 1.96. The molecule has 2 saturated heterocycles. The zero-order chi connectivity index (χ0) is 43.8. The number of nitrogens with zero attached hydrogens (tertiary/aromatic N) is 10. The fourth-order valence-electron chi connectivity index (χ4n) is 8.40. The summed E-state index contributed by atoms with van der Waals surface area (Å²) in [6, 6.07) is 21.6. The highest BCUT2D eigenvalue weighted by atomic mass is 35.5. The third kappa shape index (κ3) is 8.83. The van der Waals surface area contributed by atoms with Crippen LogP contribution in [0.3, 0.4) is 0 Å². The third-order valence-corrected chi connectivity index (χ3v) is 12.1. The maximum absolute atomic E-state index is 13.3. The van der Waals surface area contributed by atoms with Gasteiger partial charge in [-0.3, -0.25) is 9.59 Å². The molecule has 326 valence electrons. The number of anilines is 2. The molecule has 63 heavy (non-hydrogen) atoms. The van der Waals surface area contributed by atoms with Gasteiger partial charge in [0, 0.05) is 36.2 Å². The van der Waals surface area contributed by atoms with E-state index in [1.807, 2.05) is 14.9 Å². The number of benzene rings is 4. The van der Waals surface area contributed by atoms with E-state index in [4.69, 9.17) is 33.4 Å². The first-order chi connectivity index (χ1) is 30.4. The smallest absolute Gasteiger partial charge is 0.341 e. The van der Waals surface area contributed by atoms with Gasteiger partial charge in [0.2, 0.25) is 23.5 Å². The fraction of sp³-hybridized carbons (Fsp3) is 0.333. The Morgan fingerprint density at radius 3 is 1.33 bits per heavy atom. The maximum Gasteiger partial charge on any atom is 0.416 e. The summed E-state index contributed by atoms with van der Waals surface area (Å²) in [6.07, 6.45) is 4.56. The number of hydrogen-bond acceptors (Lipinski definition) is 8. The van der Waals surface area contributed by atoms with Crippen LogP contribution in [0.25, 0.3) is 33.4 Å². The molecule has 0 unspecified atom stereocenters. The van der Waals surface area contributed by atoms with E-state index in [1.165, 1.54) is 37.1 Å². The van der Waals surface area contributed by atoms with Gasteiger partial charge in [0.25, 0.3) is 11.1 Å². The van der Waals surface area contributed by atoms with Gasteiger partial charge in [-0.05, 0) is 97.5 Å². The van der Waals surface area contributed by atoms with E-state index in [2.05, 4.69) is 19.8 Å². The molecular weight excluding hydrogens is 859 g/mol. The van der Waals surface area contributed by atoms with Crippen LogP contribution in [0.1, 0.15) is 68.1 Å². The Hall–Kier alpha value is -6.00. The normalized spacial score (nSPS) is 15.2. The lowest BCUT2D eigenvalue weighted by Gasteiger charge is -2.20. The third-order valence-electron chi connectivity index (χ3n) is 11.6. The molecule has 10 rings (SSSR count). The Balaban J connectivity index is 0.000000161. The predicted molar refractivity (Wildman–Crippen MR) is 237 cm³/mol. The molecule has 0 saturated carbocycles. The second-order valence-corrected chi connectivity index (χ2v) is 16.8. The molecule has 2 aliphatic heterocycles. The van der Waals surface area contributed by atoms with Crippen LogP contribution in [-0.4, -0.2) is 64.5 Å². The van der Waals surface area contributed by atoms with Gasteiger partial charge in [-0.15, -0.1) is 10.2 Å². The van der Waals surface area contributed by atoms with E-state index < -0.39 is 17.3 Å². The number of halogens is 6. The number of aromatic nitrogens is 8. The summed E-state index contributed by atoms with van der Waals surface area (Å²) >= 11 is 12.3. The zero-order valence-electron chi connectivity index (χ0n) is 34.0. The SMILES string of the molecule is O=c1nc2n(Cc3ccc(C(F)(F)F)cc3)nc(N3CCCCCC3)n2c2ccc(Cl)cc12.O=c1nc2n(Cc3ccc(F)cc3)nc(N3CCCCCC3)n2c2ccc(Cl)cc12. The molecule has 0 bridgehead atoms. The molecule has 0 amide bonds. The molecule has 12 nitrogen and oxygen atoms in total. The van der Waals surface area contributed by atoms with Crippen LogP contribution in [0.5, 0.6) is 0 Å². The van der Waals surface area contributed by atoms with Gasteiger partial charge in [-0.1, -0.05) is 73.2 Å². The molecule has 6 heterocycles. The van der Waals surface area contributed by atoms with Crippen LogP contribution in [-0.2, 0) is 19.3 Å². The molecule has 0 N–H and O–H groups in total. The van der Waals surface area contributed by atoms with Gasteiger partial charge in [-0.2, -0.15) is 23.1 Å². The number of rotatable bonds is 6. The van der Waals surface area contributed by atoms with Crippen molar-refractivity contribution in [1.82, 2.24) is 38.3 Å². The summed E-state index contributed by atoms with van der Waals surface area (Å²) in [6.45, 7) is 4.04. The molecule has 0 spiro atoms. The minimum Gasteiger partial charge on any atom is -0.341 e. The molecule has 2 fully saturated rings. The van der Waals surface area contributed by atoms with Gasteiger partial charge >= 0.3 is 6.18 Å². The number of hydrogen-bond donors (Lipinski definition) is 0. The van der Waals surface area contributed by atoms with Crippen molar-refractivity contribution < 1.29 is 17.6 Å². The lowest BCUT2D eigenvalue weighted by molar-refractivity contribution is -0.137. The van der Waals surface area contributed by atoms with E-state index in [0.29, 0.717) is 55.9 Å². The van der Waals surface area contributed by atoms with Gasteiger partial charge in [0.15, 0.2) is 0 Å². The first-order valence-electron chi connectivity index (χ1n) is 21.0. The second-order valence-electron chi connectivity index (χ2n) is 16.0. The summed E-state index contributed by atoms with van der Waals surface area (Å²) in [4.78, 5) is 38.6. The van der Waals surface area contributed by atoms with E-state index >= 15 is 0 Å². The van der Waals surface area contributed by atoms with Crippen molar-refractivity contribution in [3.05, 3.63) is 138 Å². The first kappa shape index (κ1) is 42.3. The Morgan fingerprint density at radius 1 is 0.540 bits per heavy atom. The van der Waals surface area contributed by atoms with E-state index in [1.54, 1.807) is 51.8 Å². The Labute approximate surface area is 367 Å². The molecule has 0 atom stereocenters. The van der Waals surface area contributed by atoms with Crippen molar-refractivity contribution in [3.63, 3.8) is 0 Å². The topological polar surface area (TPSA) is 111 Å². The van der Waals surface area contributed by atoms with Crippen molar-refractivity contribution in [2.45, 2.75) is 70.6 Å². The standard InChI is InChI=1S/C23H21ClF3N5O.C22H21ClFN5O/c24-17-9-10-19-18(13-17)20(33)28-21-31(14-15-5-7-16(8-6-15)23(25,26)27)29-22(32(19)21)30-11-3-1-2-4-12-30;23-16-7-10-19-18(13-16)20(30)25-21-28(14-15-5-8-17(24)9-6-15)26-22(29(19)21)27-11-3-1-2-4-12-27/h5-10,13H,1-4,11-12,14H2;5-10,13H,1-4,11-12,14H2. The summed E-state index contributed by atoms with van der Waals surface area (Å²) in [5, 5.41) is 11.4. The van der Waals surface area contributed by atoms with Crippen molar-refractivity contribution in [1.29, 1.82) is 0 Å². The Kier molecular flexibility index (Phi) is 11.8. The molecular formula is C45H42Cl2F4N10O2. The molecule has 2 aliphatic rings. The molecule has 4 aromatic heterocycles. The van der Waals surface area contributed by atoms with Crippen LogP contribution < -0.4 is 20.9 Å². The Morgan fingerprint density at radius 2 is 0.937 bits per heavy atom. The second kappa shape index (κ2) is 17.6. The predicted octanol–water partition coefficient (Wildman–Crippen LogP) is 9.41. The molecule has 4 aromatic carbocycles. The quantitative estimate of drug-likeness (QED) is 0.152. The minimum absolute atomic E-state index is 0.182. The highest BCUT2D eigenvalue weighted by molar-refractivity contribution is 6.31. The largest absolute Gasteiger partial charge is 0.416 e. The van der Waals surface area contributed by atoms with Crippen LogP contribution in [0.15, 0.2) is 94.5 Å². The van der Waals surface area contributed by atoms with Crippen molar-refractivity contribution in [3.8, 4) is 0 Å². The first-order valence-corrected chi connectivity index (χ1v) is 21.7. The number of fused-ring (bicyclic) bond motifs is 6. The van der Waals surface area contributed by atoms with Gasteiger partial charge in [0.1, 0.15) is 5.82 Å². The highest BCUT2D eigenvalue weighted by Gasteiger charge is 2.30. The van der Waals surface area contributed by atoms with E-state index in [9.17, 15) is 27.2 Å². The molecule has 0 radical (unpaired) electrons. The molecule has 0 aliphatic carbocycles. The fourth-order valence-corrected chi connectivity index (χ4v) is 8.74. The summed E-state index contributed by atoms with van der Waals surface area (Å²) in [7, 11) is 0. The van der Waals surface area contributed by atoms with Crippen molar-refractivity contribution in [2.24, 2.45) is 0 Å². The average molecular weight is 902 g/mol. The monoisotopic (exact) mass is 900 g/mol. The van der Waals surface area contributed by atoms with Gasteiger partial charge in [0.05, 0.1) is 40.5 Å². The average Bonchev–Trinajstić information content (AvgIpc) is 3.50. The van der Waals surface area contributed by atoms with E-state index in [-0.39, 0.29) is 17.9 Å². The minimum atomic E-state index is -4.40. The van der Waals surface area contributed by atoms with Gasteiger partial charge < -0.3 is 9.80 Å². The summed E-state index contributed by atoms with van der Waals surface area (Å²) < 4.78 is 59.2. The molecule has 18 heteroatoms. The van der Waals surface area contributed by atoms with Crippen LogP contribution >= 0.6 is 23.2 Å². The van der Waals surface area contributed by atoms with Crippen LogP contribution in [0, 0.1) is 5.82 Å². The van der Waals surface area contributed by atoms with E-state index in [0.717, 1.165) is 93.9 Å². The summed E-state index contributed by atoms with van der Waals surface area (Å²) in [5.41, 5.74) is 1.42. The lowest BCUT2D eigenvalue weighted by atomic mass is 10.1.